The fourth-order valence-corrected chi connectivity index (χ4v) is 2.94. The van der Waals surface area contributed by atoms with Crippen molar-refractivity contribution in [3.8, 4) is 0 Å². The van der Waals surface area contributed by atoms with Gasteiger partial charge in [-0.1, -0.05) is 6.07 Å². The number of halogens is 3. The van der Waals surface area contributed by atoms with Gasteiger partial charge in [-0.05, 0) is 18.2 Å². The van der Waals surface area contributed by atoms with Gasteiger partial charge in [-0.25, -0.2) is 0 Å². The normalized spacial score (nSPS) is 17.0. The third kappa shape index (κ3) is 6.49. The molecular formula is C15H14F3N2NaO4S. The molecule has 6 nitrogen and oxygen atoms in total. The van der Waals surface area contributed by atoms with Crippen molar-refractivity contribution in [1.82, 2.24) is 5.32 Å². The van der Waals surface area contributed by atoms with Crippen LogP contribution in [0.2, 0.25) is 0 Å². The zero-order valence-electron chi connectivity index (χ0n) is 13.8. The van der Waals surface area contributed by atoms with E-state index in [2.05, 4.69) is 5.32 Å². The number of carboxylic acids is 1. The van der Waals surface area contributed by atoms with Gasteiger partial charge in [0, 0.05) is 24.4 Å². The third-order valence-corrected chi connectivity index (χ3v) is 4.33. The summed E-state index contributed by atoms with van der Waals surface area (Å²) >= 11 is 0.858. The summed E-state index contributed by atoms with van der Waals surface area (Å²) in [6.07, 6.45) is -4.55. The molecule has 2 rings (SSSR count). The number of aliphatic carboxylic acids is 1. The van der Waals surface area contributed by atoms with E-state index in [0.29, 0.717) is 0 Å². The molecule has 1 aliphatic rings. The predicted octanol–water partition coefficient (Wildman–Crippen LogP) is -2.59. The maximum absolute atomic E-state index is 12.8. The molecule has 1 unspecified atom stereocenters. The average molecular weight is 398 g/mol. The van der Waals surface area contributed by atoms with E-state index in [1.165, 1.54) is 17.0 Å². The standard InChI is InChI=1S/C15H15F3N2O4S.Na/c16-15(17,18)9-2-1-3-11(4-9)20-6-10(5-13(20)22)19-12(21)7-25-8-14(23)24;/h1-4,10H,5-8H2,(H,19,21)(H,23,24);/q;+1/p-1. The zero-order chi connectivity index (χ0) is 18.6. The van der Waals surface area contributed by atoms with Crippen LogP contribution in [-0.4, -0.2) is 41.9 Å². The summed E-state index contributed by atoms with van der Waals surface area (Å²) in [7, 11) is 0. The van der Waals surface area contributed by atoms with Crippen LogP contribution < -0.4 is 44.9 Å². The van der Waals surface area contributed by atoms with Crippen molar-refractivity contribution in [3.05, 3.63) is 29.8 Å². The van der Waals surface area contributed by atoms with Crippen molar-refractivity contribution in [2.75, 3.05) is 23.0 Å². The second-order valence-electron chi connectivity index (χ2n) is 5.39. The Bertz CT molecular complexity index is 687. The maximum atomic E-state index is 12.8. The van der Waals surface area contributed by atoms with Crippen LogP contribution in [0.3, 0.4) is 0 Å². The Morgan fingerprint density at radius 1 is 1.31 bits per heavy atom. The third-order valence-electron chi connectivity index (χ3n) is 3.43. The number of anilines is 1. The summed E-state index contributed by atoms with van der Waals surface area (Å²) in [5.41, 5.74) is -0.744. The van der Waals surface area contributed by atoms with E-state index in [9.17, 15) is 32.7 Å². The molecule has 0 spiro atoms. The molecule has 1 heterocycles. The first kappa shape index (κ1) is 22.8. The van der Waals surface area contributed by atoms with Crippen LogP contribution in [0.5, 0.6) is 0 Å². The van der Waals surface area contributed by atoms with Crippen LogP contribution in [0.1, 0.15) is 12.0 Å². The smallest absolute Gasteiger partial charge is 0.549 e. The molecule has 1 fully saturated rings. The summed E-state index contributed by atoms with van der Waals surface area (Å²) in [5.74, 6) is -2.57. The average Bonchev–Trinajstić information content (AvgIpc) is 2.86. The molecule has 1 aromatic rings. The topological polar surface area (TPSA) is 89.5 Å². The molecule has 0 aromatic heterocycles. The van der Waals surface area contributed by atoms with Crippen molar-refractivity contribution in [2.24, 2.45) is 0 Å². The fourth-order valence-electron chi connectivity index (χ4n) is 2.40. The number of rotatable bonds is 6. The Labute approximate surface area is 173 Å². The van der Waals surface area contributed by atoms with Gasteiger partial charge < -0.3 is 20.1 Å². The van der Waals surface area contributed by atoms with E-state index in [-0.39, 0.29) is 59.7 Å². The SMILES string of the molecule is O=C([O-])CSCC(=O)NC1CC(=O)N(c2cccc(C(F)(F)F)c2)C1.[Na+]. The summed E-state index contributed by atoms with van der Waals surface area (Å²) in [6, 6.07) is 3.87. The molecule has 0 aliphatic carbocycles. The number of benzene rings is 1. The van der Waals surface area contributed by atoms with E-state index in [1.54, 1.807) is 0 Å². The maximum Gasteiger partial charge on any atom is 1.00 e. The second kappa shape index (κ2) is 9.63. The number of hydrogen-bond donors (Lipinski definition) is 1. The van der Waals surface area contributed by atoms with Crippen LogP contribution in [0.4, 0.5) is 18.9 Å². The number of carboxylic acid groups (broad SMARTS) is 1. The fraction of sp³-hybridized carbons (Fsp3) is 0.400. The van der Waals surface area contributed by atoms with Gasteiger partial charge in [0.25, 0.3) is 0 Å². The van der Waals surface area contributed by atoms with Crippen molar-refractivity contribution < 1.29 is 62.2 Å². The predicted molar refractivity (Wildman–Crippen MR) is 82.7 cm³/mol. The summed E-state index contributed by atoms with van der Waals surface area (Å²) < 4.78 is 38.3. The summed E-state index contributed by atoms with van der Waals surface area (Å²) in [6.45, 7) is 0.0526. The number of nitrogens with zero attached hydrogens (tertiary/aromatic N) is 1. The van der Waals surface area contributed by atoms with E-state index in [4.69, 9.17) is 0 Å². The van der Waals surface area contributed by atoms with Gasteiger partial charge in [0.15, 0.2) is 0 Å². The van der Waals surface area contributed by atoms with Gasteiger partial charge in [-0.2, -0.15) is 13.2 Å². The van der Waals surface area contributed by atoms with Crippen LogP contribution in [-0.2, 0) is 20.6 Å². The van der Waals surface area contributed by atoms with Crippen LogP contribution in [0.15, 0.2) is 24.3 Å². The quantitative estimate of drug-likeness (QED) is 0.532. The zero-order valence-corrected chi connectivity index (χ0v) is 16.7. The van der Waals surface area contributed by atoms with Crippen molar-refractivity contribution in [3.63, 3.8) is 0 Å². The second-order valence-corrected chi connectivity index (χ2v) is 6.37. The Morgan fingerprint density at radius 2 is 2.00 bits per heavy atom. The van der Waals surface area contributed by atoms with Crippen LogP contribution in [0.25, 0.3) is 0 Å². The largest absolute Gasteiger partial charge is 1.00 e. The molecule has 1 aliphatic heterocycles. The molecule has 1 N–H and O–H groups in total. The number of alkyl halides is 3. The number of hydrogen-bond acceptors (Lipinski definition) is 5. The Morgan fingerprint density at radius 3 is 2.62 bits per heavy atom. The molecule has 0 bridgehead atoms. The molecular weight excluding hydrogens is 384 g/mol. The van der Waals surface area contributed by atoms with Gasteiger partial charge in [0.05, 0.1) is 23.3 Å². The molecule has 11 heteroatoms. The monoisotopic (exact) mass is 398 g/mol. The van der Waals surface area contributed by atoms with Gasteiger partial charge in [-0.15, -0.1) is 11.8 Å². The minimum atomic E-state index is -4.51. The van der Waals surface area contributed by atoms with Gasteiger partial charge in [-0.3, -0.25) is 9.59 Å². The molecule has 0 radical (unpaired) electrons. The Balaban J connectivity index is 0.00000338. The van der Waals surface area contributed by atoms with Gasteiger partial charge in [0.2, 0.25) is 11.8 Å². The number of amides is 2. The summed E-state index contributed by atoms with van der Waals surface area (Å²) in [4.78, 5) is 35.2. The van der Waals surface area contributed by atoms with E-state index >= 15 is 0 Å². The first-order valence-electron chi connectivity index (χ1n) is 7.21. The molecule has 1 atom stereocenters. The van der Waals surface area contributed by atoms with Crippen molar-refractivity contribution in [1.29, 1.82) is 0 Å². The first-order chi connectivity index (χ1) is 11.7. The minimum Gasteiger partial charge on any atom is -0.549 e. The van der Waals surface area contributed by atoms with E-state index in [0.717, 1.165) is 23.9 Å². The van der Waals surface area contributed by atoms with Crippen molar-refractivity contribution >= 4 is 35.2 Å². The van der Waals surface area contributed by atoms with Crippen LogP contribution in [0, 0.1) is 0 Å². The Kier molecular flexibility index (Phi) is 8.45. The first-order valence-corrected chi connectivity index (χ1v) is 8.37. The van der Waals surface area contributed by atoms with Crippen molar-refractivity contribution in [2.45, 2.75) is 18.6 Å². The molecule has 1 aromatic carbocycles. The van der Waals surface area contributed by atoms with E-state index < -0.39 is 35.6 Å². The Hall–Kier alpha value is -1.23. The van der Waals surface area contributed by atoms with Crippen LogP contribution >= 0.6 is 11.8 Å². The number of carbonyl (C=O) groups is 3. The molecule has 1 saturated heterocycles. The van der Waals surface area contributed by atoms with E-state index in [1.807, 2.05) is 0 Å². The van der Waals surface area contributed by atoms with Gasteiger partial charge >= 0.3 is 35.7 Å². The molecule has 136 valence electrons. The number of carbonyl (C=O) groups excluding carboxylic acids is 3. The minimum absolute atomic E-state index is 0. The molecule has 0 saturated carbocycles. The molecule has 2 amide bonds. The number of nitrogens with one attached hydrogen (secondary N) is 1. The van der Waals surface area contributed by atoms with Gasteiger partial charge in [0.1, 0.15) is 0 Å². The molecule has 26 heavy (non-hydrogen) atoms. The summed E-state index contributed by atoms with van der Waals surface area (Å²) in [5, 5.41) is 12.8. The number of thioether (sulfide) groups is 1.